The van der Waals surface area contributed by atoms with Gasteiger partial charge >= 0.3 is 5.97 Å². The van der Waals surface area contributed by atoms with E-state index in [4.69, 9.17) is 0 Å². The number of fused-ring (bicyclic) bond motifs is 2. The molecule has 0 aromatic heterocycles. The van der Waals surface area contributed by atoms with Gasteiger partial charge in [-0.15, -0.1) is 0 Å². The van der Waals surface area contributed by atoms with E-state index in [9.17, 15) is 19.8 Å². The van der Waals surface area contributed by atoms with Crippen LogP contribution < -0.4 is 0 Å². The molecule has 0 atom stereocenters. The van der Waals surface area contributed by atoms with Gasteiger partial charge < -0.3 is 10.2 Å². The molecule has 4 aromatic carbocycles. The van der Waals surface area contributed by atoms with Crippen molar-refractivity contribution in [1.82, 2.24) is 0 Å². The molecule has 0 amide bonds. The van der Waals surface area contributed by atoms with Crippen LogP contribution in [0.3, 0.4) is 0 Å². The Morgan fingerprint density at radius 1 is 0.625 bits per heavy atom. The van der Waals surface area contributed by atoms with Crippen LogP contribution in [0.5, 0.6) is 5.75 Å². The van der Waals surface area contributed by atoms with Crippen molar-refractivity contribution in [2.45, 2.75) is 0 Å². The third-order valence-electron chi connectivity index (χ3n) is 5.75. The smallest absolute Gasteiger partial charge is 0.336 e. The predicted molar refractivity (Wildman–Crippen MR) is 125 cm³/mol. The number of benzene rings is 4. The van der Waals surface area contributed by atoms with Gasteiger partial charge in [0.1, 0.15) is 5.75 Å². The van der Waals surface area contributed by atoms with Crippen LogP contribution >= 0.6 is 0 Å². The number of phenolic OH excluding ortho intramolecular Hbond substituents is 1. The van der Waals surface area contributed by atoms with Crippen LogP contribution in [0.15, 0.2) is 97.1 Å². The van der Waals surface area contributed by atoms with Gasteiger partial charge in [0.2, 0.25) is 0 Å². The standard InChI is InChI=1S/C28H18O4/c29-25-15-13-22(17-7-1-3-9-19(17)25)27(21-11-5-6-12-24(21)28(31)32)23-14-16-26(30)20-10-4-2-8-18(20)23/h1-16,29H,(H,31,32)/b27-23-. The largest absolute Gasteiger partial charge is 0.507 e. The minimum atomic E-state index is -1.04. The van der Waals surface area contributed by atoms with Crippen molar-refractivity contribution in [2.75, 3.05) is 0 Å². The fourth-order valence-electron chi connectivity index (χ4n) is 4.31. The van der Waals surface area contributed by atoms with E-state index in [1.165, 1.54) is 6.08 Å². The zero-order valence-corrected chi connectivity index (χ0v) is 16.9. The van der Waals surface area contributed by atoms with Crippen LogP contribution in [0.1, 0.15) is 37.4 Å². The Labute approximate surface area is 184 Å². The Kier molecular flexibility index (Phi) is 4.68. The van der Waals surface area contributed by atoms with Crippen molar-refractivity contribution >= 4 is 33.7 Å². The van der Waals surface area contributed by atoms with E-state index in [2.05, 4.69) is 0 Å². The summed E-state index contributed by atoms with van der Waals surface area (Å²) in [4.78, 5) is 24.6. The first-order valence-corrected chi connectivity index (χ1v) is 10.2. The van der Waals surface area contributed by atoms with Crippen molar-refractivity contribution < 1.29 is 19.8 Å². The summed E-state index contributed by atoms with van der Waals surface area (Å²) in [5.41, 5.74) is 4.23. The van der Waals surface area contributed by atoms with Gasteiger partial charge in [-0.2, -0.15) is 0 Å². The van der Waals surface area contributed by atoms with Crippen LogP contribution in [0.2, 0.25) is 0 Å². The third-order valence-corrected chi connectivity index (χ3v) is 5.75. The normalized spacial score (nSPS) is 14.3. The Bertz CT molecular complexity index is 1470. The Morgan fingerprint density at radius 3 is 2.00 bits per heavy atom. The summed E-state index contributed by atoms with van der Waals surface area (Å²) in [5, 5.41) is 21.8. The highest BCUT2D eigenvalue weighted by Gasteiger charge is 2.24. The zero-order valence-electron chi connectivity index (χ0n) is 16.9. The van der Waals surface area contributed by atoms with Gasteiger partial charge in [-0.25, -0.2) is 4.79 Å². The fourth-order valence-corrected chi connectivity index (χ4v) is 4.31. The molecular formula is C28H18O4. The third kappa shape index (κ3) is 3.10. The van der Waals surface area contributed by atoms with E-state index in [-0.39, 0.29) is 17.1 Å². The lowest BCUT2D eigenvalue weighted by Crippen LogP contribution is -2.09. The lowest BCUT2D eigenvalue weighted by atomic mass is 9.81. The topological polar surface area (TPSA) is 74.6 Å². The molecule has 4 aromatic rings. The summed E-state index contributed by atoms with van der Waals surface area (Å²) in [6, 6.07) is 25.0. The van der Waals surface area contributed by atoms with Crippen molar-refractivity contribution in [2.24, 2.45) is 0 Å². The molecule has 0 unspecified atom stereocenters. The van der Waals surface area contributed by atoms with Crippen LogP contribution in [-0.2, 0) is 0 Å². The van der Waals surface area contributed by atoms with Gasteiger partial charge in [0, 0.05) is 10.9 Å². The summed E-state index contributed by atoms with van der Waals surface area (Å²) in [6.45, 7) is 0. The van der Waals surface area contributed by atoms with E-state index >= 15 is 0 Å². The number of hydrogen-bond donors (Lipinski definition) is 2. The molecule has 1 aliphatic rings. The van der Waals surface area contributed by atoms with Gasteiger partial charge in [-0.05, 0) is 57.5 Å². The lowest BCUT2D eigenvalue weighted by molar-refractivity contribution is 0.0696. The minimum Gasteiger partial charge on any atom is -0.507 e. The SMILES string of the molecule is O=C1C=C/C(=C(\c2ccccc2C(=O)O)c2ccc(O)c3ccccc23)c2ccccc21. The Morgan fingerprint density at radius 2 is 1.25 bits per heavy atom. The van der Waals surface area contributed by atoms with E-state index in [0.717, 1.165) is 22.1 Å². The molecule has 5 rings (SSSR count). The highest BCUT2D eigenvalue weighted by Crippen LogP contribution is 2.41. The number of aromatic carboxylic acids is 1. The summed E-state index contributed by atoms with van der Waals surface area (Å²) >= 11 is 0. The number of carbonyl (C=O) groups excluding carboxylic acids is 1. The molecule has 154 valence electrons. The average molecular weight is 418 g/mol. The number of carboxylic acids is 1. The van der Waals surface area contributed by atoms with Crippen LogP contribution in [0.25, 0.3) is 21.9 Å². The van der Waals surface area contributed by atoms with E-state index in [1.807, 2.05) is 42.5 Å². The molecule has 0 saturated carbocycles. The van der Waals surface area contributed by atoms with Crippen LogP contribution in [0.4, 0.5) is 0 Å². The van der Waals surface area contributed by atoms with Crippen molar-refractivity contribution in [3.05, 3.63) is 125 Å². The maximum atomic E-state index is 12.5. The molecule has 4 heteroatoms. The molecule has 0 bridgehead atoms. The zero-order chi connectivity index (χ0) is 22.2. The number of hydrogen-bond acceptors (Lipinski definition) is 3. The Balaban J connectivity index is 1.96. The number of ketones is 1. The second-order valence-electron chi connectivity index (χ2n) is 7.56. The lowest BCUT2D eigenvalue weighted by Gasteiger charge is -2.21. The average Bonchev–Trinajstić information content (AvgIpc) is 2.82. The van der Waals surface area contributed by atoms with Crippen molar-refractivity contribution in [1.29, 1.82) is 0 Å². The van der Waals surface area contributed by atoms with Crippen molar-refractivity contribution in [3.63, 3.8) is 0 Å². The van der Waals surface area contributed by atoms with Gasteiger partial charge in [0.25, 0.3) is 0 Å². The monoisotopic (exact) mass is 418 g/mol. The van der Waals surface area contributed by atoms with Crippen molar-refractivity contribution in [3.8, 4) is 5.75 Å². The molecule has 0 radical (unpaired) electrons. The van der Waals surface area contributed by atoms with Crippen LogP contribution in [0, 0.1) is 0 Å². The molecule has 0 saturated heterocycles. The molecular weight excluding hydrogens is 400 g/mol. The summed E-state index contributed by atoms with van der Waals surface area (Å²) in [7, 11) is 0. The summed E-state index contributed by atoms with van der Waals surface area (Å²) in [5.74, 6) is -0.980. The maximum absolute atomic E-state index is 12.5. The second-order valence-corrected chi connectivity index (χ2v) is 7.56. The molecule has 0 spiro atoms. The number of phenols is 1. The highest BCUT2D eigenvalue weighted by atomic mass is 16.4. The van der Waals surface area contributed by atoms with Gasteiger partial charge in [-0.1, -0.05) is 72.8 Å². The first-order valence-electron chi connectivity index (χ1n) is 10.2. The number of carbonyl (C=O) groups is 2. The predicted octanol–water partition coefficient (Wildman–Crippen LogP) is 5.96. The van der Waals surface area contributed by atoms with E-state index in [0.29, 0.717) is 22.1 Å². The summed E-state index contributed by atoms with van der Waals surface area (Å²) in [6.07, 6.45) is 3.27. The molecule has 0 heterocycles. The van der Waals surface area contributed by atoms with Gasteiger partial charge in [-0.3, -0.25) is 4.79 Å². The number of aromatic hydroxyl groups is 1. The summed E-state index contributed by atoms with van der Waals surface area (Å²) < 4.78 is 0. The molecule has 0 aliphatic heterocycles. The van der Waals surface area contributed by atoms with E-state index in [1.54, 1.807) is 48.5 Å². The first-order chi connectivity index (χ1) is 15.6. The molecule has 1 aliphatic carbocycles. The first kappa shape index (κ1) is 19.5. The molecule has 32 heavy (non-hydrogen) atoms. The number of rotatable bonds is 3. The number of carboxylic acid groups (broad SMARTS) is 1. The maximum Gasteiger partial charge on any atom is 0.336 e. The van der Waals surface area contributed by atoms with Gasteiger partial charge in [0.15, 0.2) is 5.78 Å². The molecule has 0 fully saturated rings. The fraction of sp³-hybridized carbons (Fsp3) is 0. The van der Waals surface area contributed by atoms with E-state index < -0.39 is 5.97 Å². The number of allylic oxidation sites excluding steroid dienone is 3. The minimum absolute atomic E-state index is 0.0919. The quantitative estimate of drug-likeness (QED) is 0.431. The van der Waals surface area contributed by atoms with Gasteiger partial charge in [0.05, 0.1) is 5.56 Å². The van der Waals surface area contributed by atoms with Crippen LogP contribution in [-0.4, -0.2) is 22.0 Å². The second kappa shape index (κ2) is 7.67. The molecule has 4 nitrogen and oxygen atoms in total. The highest BCUT2D eigenvalue weighted by molar-refractivity contribution is 6.19. The molecule has 2 N–H and O–H groups in total. The Hall–Kier alpha value is -4.44.